The molecule has 7 heteroatoms. The Balaban J connectivity index is 2.04. The highest BCUT2D eigenvalue weighted by molar-refractivity contribution is 5.91. The molecule has 1 aromatic carbocycles. The van der Waals surface area contributed by atoms with E-state index in [-0.39, 0.29) is 11.6 Å². The Morgan fingerprint density at radius 3 is 2.67 bits per heavy atom. The van der Waals surface area contributed by atoms with Crippen molar-refractivity contribution in [2.75, 3.05) is 5.32 Å². The minimum atomic E-state index is -1.13. The van der Waals surface area contributed by atoms with E-state index in [4.69, 9.17) is 5.11 Å². The molecule has 1 unspecified atom stereocenters. The Kier molecular flexibility index (Phi) is 5.68. The fourth-order valence-electron chi connectivity index (χ4n) is 2.63. The van der Waals surface area contributed by atoms with Crippen LogP contribution in [0.3, 0.4) is 0 Å². The third kappa shape index (κ3) is 4.91. The van der Waals surface area contributed by atoms with E-state index in [9.17, 15) is 9.59 Å². The van der Waals surface area contributed by atoms with Crippen molar-refractivity contribution in [3.8, 4) is 5.69 Å². The molecule has 1 amide bonds. The predicted molar refractivity (Wildman–Crippen MR) is 90.2 cm³/mol. The van der Waals surface area contributed by atoms with Crippen molar-refractivity contribution in [3.05, 3.63) is 36.2 Å². The lowest BCUT2D eigenvalue weighted by atomic mass is 9.96. The molecule has 0 saturated carbocycles. The molecule has 1 aromatic heterocycles. The zero-order chi connectivity index (χ0) is 17.7. The van der Waals surface area contributed by atoms with E-state index in [1.54, 1.807) is 24.3 Å². The van der Waals surface area contributed by atoms with Gasteiger partial charge in [0.15, 0.2) is 5.69 Å². The Morgan fingerprint density at radius 2 is 2.04 bits per heavy atom. The number of carboxylic acid groups (broad SMARTS) is 1. The summed E-state index contributed by atoms with van der Waals surface area (Å²) in [5.74, 6) is -0.288. The monoisotopic (exact) mass is 330 g/mol. The highest BCUT2D eigenvalue weighted by Gasteiger charge is 2.12. The molecule has 0 aliphatic carbocycles. The molecule has 1 heterocycles. The van der Waals surface area contributed by atoms with Gasteiger partial charge in [-0.25, -0.2) is 9.48 Å². The van der Waals surface area contributed by atoms with Gasteiger partial charge < -0.3 is 10.4 Å². The van der Waals surface area contributed by atoms with Crippen LogP contribution in [0.1, 0.15) is 44.1 Å². The number of hydrogen-bond acceptors (Lipinski definition) is 4. The van der Waals surface area contributed by atoms with Crippen molar-refractivity contribution >= 4 is 17.6 Å². The number of carboxylic acids is 1. The van der Waals surface area contributed by atoms with Gasteiger partial charge in [-0.15, -0.1) is 5.10 Å². The van der Waals surface area contributed by atoms with E-state index >= 15 is 0 Å². The average molecular weight is 330 g/mol. The van der Waals surface area contributed by atoms with Crippen molar-refractivity contribution < 1.29 is 14.7 Å². The summed E-state index contributed by atoms with van der Waals surface area (Å²) >= 11 is 0. The molecule has 2 N–H and O–H groups in total. The van der Waals surface area contributed by atoms with Gasteiger partial charge in [0, 0.05) is 12.1 Å². The van der Waals surface area contributed by atoms with Crippen molar-refractivity contribution in [2.24, 2.45) is 11.8 Å². The number of amides is 1. The molecular weight excluding hydrogens is 308 g/mol. The molecule has 24 heavy (non-hydrogen) atoms. The molecule has 0 bridgehead atoms. The first-order valence-electron chi connectivity index (χ1n) is 7.91. The maximum Gasteiger partial charge on any atom is 0.358 e. The van der Waals surface area contributed by atoms with Crippen LogP contribution in [-0.2, 0) is 4.79 Å². The quantitative estimate of drug-likeness (QED) is 0.813. The molecular formula is C17H22N4O3. The van der Waals surface area contributed by atoms with E-state index in [0.29, 0.717) is 29.6 Å². The zero-order valence-corrected chi connectivity index (χ0v) is 14.1. The van der Waals surface area contributed by atoms with Crippen molar-refractivity contribution in [2.45, 2.75) is 33.6 Å². The van der Waals surface area contributed by atoms with Crippen LogP contribution in [0.2, 0.25) is 0 Å². The predicted octanol–water partition coefficient (Wildman–Crippen LogP) is 2.98. The van der Waals surface area contributed by atoms with Crippen LogP contribution in [0.4, 0.5) is 5.69 Å². The third-order valence-electron chi connectivity index (χ3n) is 3.51. The number of aromatic nitrogens is 3. The van der Waals surface area contributed by atoms with E-state index < -0.39 is 5.97 Å². The number of carbonyl (C=O) groups is 2. The molecule has 0 saturated heterocycles. The van der Waals surface area contributed by atoms with Crippen LogP contribution in [-0.4, -0.2) is 32.0 Å². The summed E-state index contributed by atoms with van der Waals surface area (Å²) in [5, 5.41) is 19.1. The van der Waals surface area contributed by atoms with Gasteiger partial charge in [-0.1, -0.05) is 32.1 Å². The van der Waals surface area contributed by atoms with Gasteiger partial charge in [-0.05, 0) is 36.5 Å². The largest absolute Gasteiger partial charge is 0.476 e. The molecule has 2 rings (SSSR count). The molecule has 128 valence electrons. The first-order chi connectivity index (χ1) is 11.3. The number of hydrogen-bond donors (Lipinski definition) is 2. The van der Waals surface area contributed by atoms with E-state index in [1.807, 2.05) is 0 Å². The second-order valence-electron chi connectivity index (χ2n) is 6.39. The first-order valence-corrected chi connectivity index (χ1v) is 7.91. The molecule has 0 radical (unpaired) electrons. The van der Waals surface area contributed by atoms with Crippen LogP contribution in [0.25, 0.3) is 5.69 Å². The normalized spacial score (nSPS) is 12.2. The molecule has 1 atom stereocenters. The smallest absolute Gasteiger partial charge is 0.358 e. The number of carbonyl (C=O) groups excluding carboxylic acids is 1. The standard InChI is InChI=1S/C17H22N4O3/c1-11(2)7-12(3)8-16(22)18-13-5-4-6-14(9-13)21-10-15(17(23)24)19-20-21/h4-6,9-12H,7-8H2,1-3H3,(H,18,22)(H,23,24). The highest BCUT2D eigenvalue weighted by atomic mass is 16.4. The van der Waals surface area contributed by atoms with Crippen LogP contribution in [0, 0.1) is 11.8 Å². The van der Waals surface area contributed by atoms with Gasteiger partial charge in [0.2, 0.25) is 5.91 Å². The molecule has 0 spiro atoms. The van der Waals surface area contributed by atoms with Crippen molar-refractivity contribution in [1.29, 1.82) is 0 Å². The topological polar surface area (TPSA) is 97.1 Å². The number of nitrogens with one attached hydrogen (secondary N) is 1. The lowest BCUT2D eigenvalue weighted by molar-refractivity contribution is -0.117. The molecule has 0 aliphatic rings. The third-order valence-corrected chi connectivity index (χ3v) is 3.51. The number of anilines is 1. The Morgan fingerprint density at radius 1 is 1.29 bits per heavy atom. The molecule has 7 nitrogen and oxygen atoms in total. The summed E-state index contributed by atoms with van der Waals surface area (Å²) in [6.07, 6.45) is 2.80. The van der Waals surface area contributed by atoms with Gasteiger partial charge in [0.05, 0.1) is 11.9 Å². The SMILES string of the molecule is CC(C)CC(C)CC(=O)Nc1cccc(-n2cc(C(=O)O)nn2)c1. The minimum Gasteiger partial charge on any atom is -0.476 e. The second-order valence-corrected chi connectivity index (χ2v) is 6.39. The Bertz CT molecular complexity index is 724. The average Bonchev–Trinajstić information content (AvgIpc) is 2.96. The van der Waals surface area contributed by atoms with Crippen LogP contribution in [0.15, 0.2) is 30.5 Å². The van der Waals surface area contributed by atoms with Gasteiger partial charge in [-0.2, -0.15) is 0 Å². The minimum absolute atomic E-state index is 0.0369. The summed E-state index contributed by atoms with van der Waals surface area (Å²) in [6.45, 7) is 6.35. The summed E-state index contributed by atoms with van der Waals surface area (Å²) in [4.78, 5) is 23.0. The summed E-state index contributed by atoms with van der Waals surface area (Å²) in [7, 11) is 0. The lowest BCUT2D eigenvalue weighted by Crippen LogP contribution is -2.16. The number of nitrogens with zero attached hydrogens (tertiary/aromatic N) is 3. The maximum atomic E-state index is 12.1. The zero-order valence-electron chi connectivity index (χ0n) is 14.1. The van der Waals surface area contributed by atoms with Crippen LogP contribution < -0.4 is 5.32 Å². The van der Waals surface area contributed by atoms with E-state index in [0.717, 1.165) is 6.42 Å². The Labute approximate surface area is 140 Å². The van der Waals surface area contributed by atoms with E-state index in [2.05, 4.69) is 36.4 Å². The van der Waals surface area contributed by atoms with Gasteiger partial charge in [0.1, 0.15) is 0 Å². The number of rotatable bonds is 7. The highest BCUT2D eigenvalue weighted by Crippen LogP contribution is 2.18. The van der Waals surface area contributed by atoms with Gasteiger partial charge in [-0.3, -0.25) is 4.79 Å². The number of aromatic carboxylic acids is 1. The van der Waals surface area contributed by atoms with Crippen LogP contribution in [0.5, 0.6) is 0 Å². The Hall–Kier alpha value is -2.70. The summed E-state index contributed by atoms with van der Waals surface area (Å²) in [5.41, 5.74) is 1.14. The molecule has 2 aromatic rings. The fraction of sp³-hybridized carbons (Fsp3) is 0.412. The first kappa shape index (κ1) is 17.7. The van der Waals surface area contributed by atoms with Crippen molar-refractivity contribution in [1.82, 2.24) is 15.0 Å². The summed E-state index contributed by atoms with van der Waals surface area (Å²) in [6, 6.07) is 7.04. The lowest BCUT2D eigenvalue weighted by Gasteiger charge is -2.14. The van der Waals surface area contributed by atoms with Crippen LogP contribution >= 0.6 is 0 Å². The molecule has 0 fully saturated rings. The fourth-order valence-corrected chi connectivity index (χ4v) is 2.63. The second kappa shape index (κ2) is 7.72. The van der Waals surface area contributed by atoms with Gasteiger partial charge in [0.25, 0.3) is 0 Å². The van der Waals surface area contributed by atoms with Crippen molar-refractivity contribution in [3.63, 3.8) is 0 Å². The van der Waals surface area contributed by atoms with E-state index in [1.165, 1.54) is 10.9 Å². The maximum absolute atomic E-state index is 12.1. The summed E-state index contributed by atoms with van der Waals surface area (Å²) < 4.78 is 1.36. The van der Waals surface area contributed by atoms with Gasteiger partial charge >= 0.3 is 5.97 Å². The number of benzene rings is 1. The molecule has 0 aliphatic heterocycles.